The van der Waals surface area contributed by atoms with Gasteiger partial charge in [-0.15, -0.1) is 5.10 Å². The molecule has 0 fully saturated rings. The third-order valence-electron chi connectivity index (χ3n) is 3.00. The van der Waals surface area contributed by atoms with E-state index in [2.05, 4.69) is 41.8 Å². The molecule has 100 valence electrons. The minimum Gasteiger partial charge on any atom is -0.496 e. The summed E-state index contributed by atoms with van der Waals surface area (Å²) in [4.78, 5) is 1.19. The number of nitrogens with zero attached hydrogens (tertiary/aromatic N) is 2. The number of likely N-dealkylation sites (N-methyl/N-ethyl adjacent to an activating group) is 1. The Labute approximate surface area is 113 Å². The summed E-state index contributed by atoms with van der Waals surface area (Å²) < 4.78 is 9.91. The van der Waals surface area contributed by atoms with Crippen molar-refractivity contribution in [1.82, 2.24) is 14.9 Å². The molecule has 0 saturated carbocycles. The van der Waals surface area contributed by atoms with Crippen LogP contribution in [0.25, 0.3) is 0 Å². The number of ether oxygens (including phenoxy) is 1. The first-order valence-electron chi connectivity index (χ1n) is 6.62. The average Bonchev–Trinajstić information content (AvgIpc) is 2.86. The van der Waals surface area contributed by atoms with Crippen LogP contribution in [0.3, 0.4) is 0 Å². The Kier molecular flexibility index (Phi) is 4.72. The first-order valence-corrected chi connectivity index (χ1v) is 7.39. The standard InChI is InChI=1S/C13H21N3OS/c1-4-14-12(10-7-5-6-8-17-10)13-11(9(2)3)15-16-18-13/h7,9,12,14H,4-6,8H2,1-3H3. The van der Waals surface area contributed by atoms with Gasteiger partial charge >= 0.3 is 0 Å². The molecule has 18 heavy (non-hydrogen) atoms. The van der Waals surface area contributed by atoms with E-state index >= 15 is 0 Å². The molecule has 1 atom stereocenters. The number of rotatable bonds is 5. The molecule has 0 saturated heterocycles. The summed E-state index contributed by atoms with van der Waals surface area (Å²) in [6, 6.07) is 0.118. The SMILES string of the molecule is CCNC(C1=CCCCO1)c1snnc1C(C)C. The number of hydrogen-bond acceptors (Lipinski definition) is 5. The summed E-state index contributed by atoms with van der Waals surface area (Å²) in [6.45, 7) is 8.14. The zero-order chi connectivity index (χ0) is 13.0. The largest absolute Gasteiger partial charge is 0.496 e. The highest BCUT2D eigenvalue weighted by atomic mass is 32.1. The smallest absolute Gasteiger partial charge is 0.114 e. The molecule has 1 unspecified atom stereocenters. The molecule has 1 aromatic rings. The minimum absolute atomic E-state index is 0.118. The third-order valence-corrected chi connectivity index (χ3v) is 3.81. The van der Waals surface area contributed by atoms with Crippen LogP contribution in [-0.2, 0) is 4.74 Å². The first kappa shape index (κ1) is 13.5. The van der Waals surface area contributed by atoms with Gasteiger partial charge in [-0.05, 0) is 42.9 Å². The van der Waals surface area contributed by atoms with Crippen LogP contribution >= 0.6 is 11.5 Å². The maximum Gasteiger partial charge on any atom is 0.114 e. The van der Waals surface area contributed by atoms with Gasteiger partial charge in [-0.3, -0.25) is 0 Å². The zero-order valence-electron chi connectivity index (χ0n) is 11.3. The Morgan fingerprint density at radius 3 is 2.94 bits per heavy atom. The highest BCUT2D eigenvalue weighted by Crippen LogP contribution is 2.32. The molecule has 0 radical (unpaired) electrons. The van der Waals surface area contributed by atoms with Gasteiger partial charge in [-0.1, -0.05) is 25.3 Å². The van der Waals surface area contributed by atoms with E-state index in [0.29, 0.717) is 5.92 Å². The number of hydrogen-bond donors (Lipinski definition) is 1. The fraction of sp³-hybridized carbons (Fsp3) is 0.692. The van der Waals surface area contributed by atoms with Gasteiger partial charge in [0.1, 0.15) is 11.8 Å². The lowest BCUT2D eigenvalue weighted by Gasteiger charge is -2.24. The van der Waals surface area contributed by atoms with E-state index in [1.807, 2.05) is 0 Å². The molecular weight excluding hydrogens is 246 g/mol. The van der Waals surface area contributed by atoms with E-state index < -0.39 is 0 Å². The van der Waals surface area contributed by atoms with Crippen LogP contribution in [0.2, 0.25) is 0 Å². The number of aromatic nitrogens is 2. The molecule has 1 aromatic heterocycles. The second-order valence-corrected chi connectivity index (χ2v) is 5.55. The quantitative estimate of drug-likeness (QED) is 0.891. The molecular formula is C13H21N3OS. The molecule has 2 rings (SSSR count). The molecule has 0 bridgehead atoms. The summed E-state index contributed by atoms with van der Waals surface area (Å²) in [5, 5.41) is 7.75. The monoisotopic (exact) mass is 267 g/mol. The Morgan fingerprint density at radius 1 is 1.50 bits per heavy atom. The fourth-order valence-electron chi connectivity index (χ4n) is 2.11. The van der Waals surface area contributed by atoms with E-state index in [0.717, 1.165) is 37.4 Å². The van der Waals surface area contributed by atoms with E-state index in [1.54, 1.807) is 0 Å². The van der Waals surface area contributed by atoms with Crippen molar-refractivity contribution in [2.24, 2.45) is 0 Å². The van der Waals surface area contributed by atoms with Crippen molar-refractivity contribution in [3.8, 4) is 0 Å². The van der Waals surface area contributed by atoms with Crippen LogP contribution < -0.4 is 5.32 Å². The predicted molar refractivity (Wildman–Crippen MR) is 73.7 cm³/mol. The van der Waals surface area contributed by atoms with Crippen LogP contribution in [0.1, 0.15) is 56.1 Å². The minimum atomic E-state index is 0.118. The Balaban J connectivity index is 2.28. The van der Waals surface area contributed by atoms with E-state index in [4.69, 9.17) is 4.74 Å². The van der Waals surface area contributed by atoms with Crippen molar-refractivity contribution >= 4 is 11.5 Å². The fourth-order valence-corrected chi connectivity index (χ4v) is 3.00. The second kappa shape index (κ2) is 6.29. The summed E-state index contributed by atoms with van der Waals surface area (Å²) in [5.41, 5.74) is 1.08. The zero-order valence-corrected chi connectivity index (χ0v) is 12.1. The van der Waals surface area contributed by atoms with Crippen molar-refractivity contribution in [2.75, 3.05) is 13.2 Å². The molecule has 1 aliphatic rings. The number of nitrogens with one attached hydrogen (secondary N) is 1. The Morgan fingerprint density at radius 2 is 2.33 bits per heavy atom. The van der Waals surface area contributed by atoms with Gasteiger partial charge in [0.05, 0.1) is 17.2 Å². The maximum absolute atomic E-state index is 5.80. The topological polar surface area (TPSA) is 47.0 Å². The summed E-state index contributed by atoms with van der Waals surface area (Å²) in [5.74, 6) is 1.43. The highest BCUT2D eigenvalue weighted by Gasteiger charge is 2.25. The summed E-state index contributed by atoms with van der Waals surface area (Å²) in [6.07, 6.45) is 4.40. The van der Waals surface area contributed by atoms with Crippen LogP contribution in [0, 0.1) is 0 Å². The normalized spacial score (nSPS) is 17.4. The molecule has 0 aromatic carbocycles. The van der Waals surface area contributed by atoms with Gasteiger partial charge in [-0.2, -0.15) is 0 Å². The van der Waals surface area contributed by atoms with Crippen molar-refractivity contribution in [3.63, 3.8) is 0 Å². The van der Waals surface area contributed by atoms with Crippen LogP contribution in [0.4, 0.5) is 0 Å². The summed E-state index contributed by atoms with van der Waals surface area (Å²) in [7, 11) is 0. The summed E-state index contributed by atoms with van der Waals surface area (Å²) >= 11 is 1.48. The molecule has 2 heterocycles. The molecule has 5 heteroatoms. The van der Waals surface area contributed by atoms with Crippen LogP contribution in [0.15, 0.2) is 11.8 Å². The van der Waals surface area contributed by atoms with Crippen LogP contribution in [-0.4, -0.2) is 22.7 Å². The maximum atomic E-state index is 5.80. The van der Waals surface area contributed by atoms with E-state index in [-0.39, 0.29) is 6.04 Å². The Bertz CT molecular complexity index is 414. The van der Waals surface area contributed by atoms with Crippen molar-refractivity contribution in [2.45, 2.75) is 45.6 Å². The van der Waals surface area contributed by atoms with Crippen LogP contribution in [0.5, 0.6) is 0 Å². The predicted octanol–water partition coefficient (Wildman–Crippen LogP) is 3.01. The van der Waals surface area contributed by atoms with Gasteiger partial charge in [0.2, 0.25) is 0 Å². The Hall–Kier alpha value is -0.940. The molecule has 4 nitrogen and oxygen atoms in total. The molecule has 0 spiro atoms. The van der Waals surface area contributed by atoms with Crippen molar-refractivity contribution in [1.29, 1.82) is 0 Å². The molecule has 1 aliphatic heterocycles. The van der Waals surface area contributed by atoms with E-state index in [9.17, 15) is 0 Å². The van der Waals surface area contributed by atoms with Gasteiger partial charge in [0.25, 0.3) is 0 Å². The van der Waals surface area contributed by atoms with Gasteiger partial charge in [-0.25, -0.2) is 0 Å². The average molecular weight is 267 g/mol. The van der Waals surface area contributed by atoms with Gasteiger partial charge < -0.3 is 10.1 Å². The lowest BCUT2D eigenvalue weighted by molar-refractivity contribution is 0.168. The van der Waals surface area contributed by atoms with Crippen molar-refractivity contribution in [3.05, 3.63) is 22.4 Å². The molecule has 0 amide bonds. The lowest BCUT2D eigenvalue weighted by Crippen LogP contribution is -2.25. The third kappa shape index (κ3) is 2.90. The van der Waals surface area contributed by atoms with Gasteiger partial charge in [0.15, 0.2) is 0 Å². The van der Waals surface area contributed by atoms with E-state index in [1.165, 1.54) is 16.4 Å². The first-order chi connectivity index (χ1) is 8.74. The lowest BCUT2D eigenvalue weighted by atomic mass is 10.0. The molecule has 0 aliphatic carbocycles. The second-order valence-electron chi connectivity index (χ2n) is 4.77. The highest BCUT2D eigenvalue weighted by molar-refractivity contribution is 7.05. The van der Waals surface area contributed by atoms with Crippen molar-refractivity contribution < 1.29 is 4.74 Å². The molecule has 1 N–H and O–H groups in total. The van der Waals surface area contributed by atoms with Gasteiger partial charge in [0, 0.05) is 0 Å². The number of allylic oxidation sites excluding steroid dienone is 1.